The number of benzene rings is 1. The van der Waals surface area contributed by atoms with Gasteiger partial charge in [-0.15, -0.1) is 0 Å². The summed E-state index contributed by atoms with van der Waals surface area (Å²) in [5, 5.41) is 0. The standard InChI is InChI=1S/C16H20O3/c1-11-9-12(2)15(7-5-13(3)17)14(10-11)6-8-16(18)19-4/h5,7,9-10H,6,8H2,1-4H3. The van der Waals surface area contributed by atoms with Crippen molar-refractivity contribution in [3.05, 3.63) is 40.5 Å². The van der Waals surface area contributed by atoms with Crippen LogP contribution in [0, 0.1) is 13.8 Å². The van der Waals surface area contributed by atoms with E-state index in [1.165, 1.54) is 14.0 Å². The molecule has 3 nitrogen and oxygen atoms in total. The first-order valence-corrected chi connectivity index (χ1v) is 6.29. The maximum absolute atomic E-state index is 11.2. The van der Waals surface area contributed by atoms with Crippen LogP contribution >= 0.6 is 0 Å². The van der Waals surface area contributed by atoms with Gasteiger partial charge in [0.25, 0.3) is 0 Å². The molecule has 102 valence electrons. The Balaban J connectivity index is 3.05. The minimum atomic E-state index is -0.222. The van der Waals surface area contributed by atoms with Crippen molar-refractivity contribution >= 4 is 17.8 Å². The summed E-state index contributed by atoms with van der Waals surface area (Å²) in [6.45, 7) is 5.55. The Morgan fingerprint density at radius 3 is 2.53 bits per heavy atom. The van der Waals surface area contributed by atoms with Crippen LogP contribution in [-0.4, -0.2) is 18.9 Å². The lowest BCUT2D eigenvalue weighted by Crippen LogP contribution is -2.04. The summed E-state index contributed by atoms with van der Waals surface area (Å²) in [7, 11) is 1.39. The van der Waals surface area contributed by atoms with Crippen LogP contribution in [0.4, 0.5) is 0 Å². The zero-order valence-electron chi connectivity index (χ0n) is 11.9. The molecule has 0 unspecified atom stereocenters. The predicted octanol–water partition coefficient (Wildman–Crippen LogP) is 3.01. The van der Waals surface area contributed by atoms with Gasteiger partial charge >= 0.3 is 5.97 Å². The number of aryl methyl sites for hydroxylation is 3. The predicted molar refractivity (Wildman–Crippen MR) is 76.0 cm³/mol. The van der Waals surface area contributed by atoms with E-state index in [4.69, 9.17) is 0 Å². The molecule has 0 fully saturated rings. The first kappa shape index (κ1) is 15.2. The maximum Gasteiger partial charge on any atom is 0.305 e. The number of esters is 1. The van der Waals surface area contributed by atoms with Crippen LogP contribution in [0.15, 0.2) is 18.2 Å². The summed E-state index contributed by atoms with van der Waals surface area (Å²) in [6.07, 6.45) is 4.34. The SMILES string of the molecule is COC(=O)CCc1cc(C)cc(C)c1C=CC(C)=O. The van der Waals surface area contributed by atoms with Gasteiger partial charge in [-0.1, -0.05) is 23.8 Å². The number of carbonyl (C=O) groups excluding carboxylic acids is 2. The minimum absolute atomic E-state index is 0.0129. The van der Waals surface area contributed by atoms with E-state index in [1.807, 2.05) is 19.9 Å². The molecule has 1 aromatic rings. The molecule has 0 bridgehead atoms. The van der Waals surface area contributed by atoms with Gasteiger partial charge in [-0.3, -0.25) is 9.59 Å². The van der Waals surface area contributed by atoms with Crippen LogP contribution in [0.2, 0.25) is 0 Å². The van der Waals surface area contributed by atoms with Gasteiger partial charge in [-0.25, -0.2) is 0 Å². The van der Waals surface area contributed by atoms with Crippen molar-refractivity contribution in [3.8, 4) is 0 Å². The Morgan fingerprint density at radius 1 is 1.26 bits per heavy atom. The van der Waals surface area contributed by atoms with Crippen molar-refractivity contribution in [1.29, 1.82) is 0 Å². The number of methoxy groups -OCH3 is 1. The number of ether oxygens (including phenoxy) is 1. The maximum atomic E-state index is 11.2. The van der Waals surface area contributed by atoms with Gasteiger partial charge in [0.15, 0.2) is 5.78 Å². The van der Waals surface area contributed by atoms with Crippen molar-refractivity contribution in [1.82, 2.24) is 0 Å². The summed E-state index contributed by atoms with van der Waals surface area (Å²) in [6, 6.07) is 4.12. The second-order valence-electron chi connectivity index (χ2n) is 4.67. The molecule has 1 rings (SSSR count). The molecule has 0 radical (unpaired) electrons. The normalized spacial score (nSPS) is 10.7. The number of hydrogen-bond donors (Lipinski definition) is 0. The van der Waals surface area contributed by atoms with E-state index in [1.54, 1.807) is 6.08 Å². The van der Waals surface area contributed by atoms with Gasteiger partial charge < -0.3 is 4.74 Å². The van der Waals surface area contributed by atoms with Crippen LogP contribution in [-0.2, 0) is 20.7 Å². The Kier molecular flexibility index (Phi) is 5.49. The smallest absolute Gasteiger partial charge is 0.305 e. The largest absolute Gasteiger partial charge is 0.469 e. The van der Waals surface area contributed by atoms with Gasteiger partial charge in [0.05, 0.1) is 7.11 Å². The van der Waals surface area contributed by atoms with Crippen LogP contribution in [0.5, 0.6) is 0 Å². The van der Waals surface area contributed by atoms with Gasteiger partial charge in [0, 0.05) is 6.42 Å². The monoisotopic (exact) mass is 260 g/mol. The number of ketones is 1. The van der Waals surface area contributed by atoms with Crippen LogP contribution in [0.25, 0.3) is 6.08 Å². The van der Waals surface area contributed by atoms with Crippen LogP contribution in [0.3, 0.4) is 0 Å². The third-order valence-corrected chi connectivity index (χ3v) is 2.93. The minimum Gasteiger partial charge on any atom is -0.469 e. The molecule has 0 aliphatic carbocycles. The highest BCUT2D eigenvalue weighted by atomic mass is 16.5. The van der Waals surface area contributed by atoms with Gasteiger partial charge in [-0.2, -0.15) is 0 Å². The van der Waals surface area contributed by atoms with E-state index in [0.717, 1.165) is 22.3 Å². The fourth-order valence-electron chi connectivity index (χ4n) is 2.05. The molecule has 0 N–H and O–H groups in total. The lowest BCUT2D eigenvalue weighted by molar-refractivity contribution is -0.140. The highest BCUT2D eigenvalue weighted by Gasteiger charge is 2.08. The van der Waals surface area contributed by atoms with Crippen molar-refractivity contribution in [2.75, 3.05) is 7.11 Å². The van der Waals surface area contributed by atoms with Crippen molar-refractivity contribution in [2.24, 2.45) is 0 Å². The Bertz CT molecular complexity index is 513. The highest BCUT2D eigenvalue weighted by molar-refractivity contribution is 5.92. The van der Waals surface area contributed by atoms with Crippen molar-refractivity contribution < 1.29 is 14.3 Å². The molecule has 0 saturated carbocycles. The second kappa shape index (κ2) is 6.88. The quantitative estimate of drug-likeness (QED) is 0.603. The first-order valence-electron chi connectivity index (χ1n) is 6.29. The second-order valence-corrected chi connectivity index (χ2v) is 4.67. The molecule has 0 spiro atoms. The van der Waals surface area contributed by atoms with Crippen molar-refractivity contribution in [3.63, 3.8) is 0 Å². The first-order chi connectivity index (χ1) is 8.93. The Hall–Kier alpha value is -1.90. The van der Waals surface area contributed by atoms with E-state index >= 15 is 0 Å². The fraction of sp³-hybridized carbons (Fsp3) is 0.375. The van der Waals surface area contributed by atoms with Crippen LogP contribution < -0.4 is 0 Å². The third-order valence-electron chi connectivity index (χ3n) is 2.93. The topological polar surface area (TPSA) is 43.4 Å². The van der Waals surface area contributed by atoms with Gasteiger partial charge in [0.1, 0.15) is 0 Å². The molecular formula is C16H20O3. The molecule has 0 atom stereocenters. The van der Waals surface area contributed by atoms with Gasteiger partial charge in [-0.05, 0) is 50.0 Å². The summed E-state index contributed by atoms with van der Waals surface area (Å²) in [4.78, 5) is 22.3. The summed E-state index contributed by atoms with van der Waals surface area (Å²) in [5.74, 6) is -0.209. The number of allylic oxidation sites excluding steroid dienone is 1. The Labute approximate surface area is 114 Å². The molecule has 0 amide bonds. The number of rotatable bonds is 5. The fourth-order valence-corrected chi connectivity index (χ4v) is 2.05. The number of hydrogen-bond acceptors (Lipinski definition) is 3. The average molecular weight is 260 g/mol. The molecule has 3 heteroatoms. The van der Waals surface area contributed by atoms with E-state index < -0.39 is 0 Å². The lowest BCUT2D eigenvalue weighted by atomic mass is 9.95. The zero-order chi connectivity index (χ0) is 14.4. The highest BCUT2D eigenvalue weighted by Crippen LogP contribution is 2.20. The molecule has 0 heterocycles. The van der Waals surface area contributed by atoms with E-state index in [-0.39, 0.29) is 11.8 Å². The average Bonchev–Trinajstić information content (AvgIpc) is 2.34. The third kappa shape index (κ3) is 4.70. The molecule has 1 aromatic carbocycles. The molecule has 0 aliphatic rings. The van der Waals surface area contributed by atoms with E-state index in [9.17, 15) is 9.59 Å². The van der Waals surface area contributed by atoms with Crippen LogP contribution in [0.1, 0.15) is 35.6 Å². The summed E-state index contributed by atoms with van der Waals surface area (Å²) >= 11 is 0. The van der Waals surface area contributed by atoms with E-state index in [0.29, 0.717) is 12.8 Å². The Morgan fingerprint density at radius 2 is 1.95 bits per heavy atom. The molecule has 0 aromatic heterocycles. The van der Waals surface area contributed by atoms with Crippen molar-refractivity contribution in [2.45, 2.75) is 33.6 Å². The molecular weight excluding hydrogens is 240 g/mol. The lowest BCUT2D eigenvalue weighted by Gasteiger charge is -2.10. The molecule has 0 saturated heterocycles. The van der Waals surface area contributed by atoms with E-state index in [2.05, 4.69) is 16.9 Å². The summed E-state index contributed by atoms with van der Waals surface area (Å²) < 4.78 is 4.66. The van der Waals surface area contributed by atoms with Gasteiger partial charge in [0.2, 0.25) is 0 Å². The zero-order valence-corrected chi connectivity index (χ0v) is 11.9. The molecule has 0 aliphatic heterocycles. The number of carbonyl (C=O) groups is 2. The summed E-state index contributed by atoms with van der Waals surface area (Å²) in [5.41, 5.74) is 4.35. The molecule has 19 heavy (non-hydrogen) atoms.